The van der Waals surface area contributed by atoms with Crippen molar-refractivity contribution in [3.63, 3.8) is 0 Å². The van der Waals surface area contributed by atoms with E-state index in [-0.39, 0.29) is 6.04 Å². The molecule has 0 aromatic carbocycles. The van der Waals surface area contributed by atoms with E-state index in [1.807, 2.05) is 20.0 Å². The van der Waals surface area contributed by atoms with Crippen LogP contribution in [0.4, 0.5) is 0 Å². The highest BCUT2D eigenvalue weighted by Gasteiger charge is 2.19. The summed E-state index contributed by atoms with van der Waals surface area (Å²) in [7, 11) is 0. The maximum absolute atomic E-state index is 5.86. The third-order valence-electron chi connectivity index (χ3n) is 3.50. The monoisotopic (exact) mass is 219 g/mol. The molecular weight excluding hydrogens is 198 g/mol. The lowest BCUT2D eigenvalue weighted by molar-refractivity contribution is 0.427. The fraction of sp³-hybridized carbons (Fsp3) is 0.692. The standard InChI is InChI=1S/C13H21N3/c1-9(14)12-8-15-13(16-10(12)2)11-6-4-3-5-7-11/h8-9,11H,3-7,14H2,1-2H3/t9-/m0/s1. The van der Waals surface area contributed by atoms with Gasteiger partial charge in [0.1, 0.15) is 5.82 Å². The predicted octanol–water partition coefficient (Wildman–Crippen LogP) is 2.85. The molecule has 0 spiro atoms. The van der Waals surface area contributed by atoms with E-state index in [4.69, 9.17) is 5.73 Å². The van der Waals surface area contributed by atoms with Gasteiger partial charge >= 0.3 is 0 Å². The smallest absolute Gasteiger partial charge is 0.131 e. The fourth-order valence-corrected chi connectivity index (χ4v) is 2.50. The van der Waals surface area contributed by atoms with Crippen molar-refractivity contribution >= 4 is 0 Å². The number of aryl methyl sites for hydroxylation is 1. The topological polar surface area (TPSA) is 51.8 Å². The number of rotatable bonds is 2. The molecule has 2 N–H and O–H groups in total. The molecule has 0 unspecified atom stereocenters. The summed E-state index contributed by atoms with van der Waals surface area (Å²) in [6.07, 6.45) is 8.42. The fourth-order valence-electron chi connectivity index (χ4n) is 2.50. The van der Waals surface area contributed by atoms with Gasteiger partial charge < -0.3 is 5.73 Å². The van der Waals surface area contributed by atoms with E-state index in [1.54, 1.807) is 0 Å². The van der Waals surface area contributed by atoms with Crippen molar-refractivity contribution < 1.29 is 0 Å². The molecule has 1 aliphatic rings. The second-order valence-electron chi connectivity index (χ2n) is 4.89. The molecule has 0 saturated heterocycles. The van der Waals surface area contributed by atoms with Crippen molar-refractivity contribution in [2.75, 3.05) is 0 Å². The molecule has 0 bridgehead atoms. The molecule has 1 saturated carbocycles. The summed E-state index contributed by atoms with van der Waals surface area (Å²) >= 11 is 0. The van der Waals surface area contributed by atoms with Crippen molar-refractivity contribution in [1.82, 2.24) is 9.97 Å². The van der Waals surface area contributed by atoms with Crippen LogP contribution in [-0.4, -0.2) is 9.97 Å². The number of aromatic nitrogens is 2. The lowest BCUT2D eigenvalue weighted by Crippen LogP contribution is -2.13. The van der Waals surface area contributed by atoms with Crippen LogP contribution < -0.4 is 5.73 Å². The third-order valence-corrected chi connectivity index (χ3v) is 3.50. The first-order chi connectivity index (χ1) is 7.68. The maximum atomic E-state index is 5.86. The highest BCUT2D eigenvalue weighted by Crippen LogP contribution is 2.30. The Bertz CT molecular complexity index is 354. The Morgan fingerprint density at radius 2 is 2.00 bits per heavy atom. The van der Waals surface area contributed by atoms with Crippen molar-refractivity contribution in [2.45, 2.75) is 57.9 Å². The largest absolute Gasteiger partial charge is 0.324 e. The average molecular weight is 219 g/mol. The van der Waals surface area contributed by atoms with E-state index in [1.165, 1.54) is 32.1 Å². The Balaban J connectivity index is 2.19. The van der Waals surface area contributed by atoms with Crippen LogP contribution in [0.15, 0.2) is 6.20 Å². The van der Waals surface area contributed by atoms with Crippen molar-refractivity contribution in [2.24, 2.45) is 5.73 Å². The van der Waals surface area contributed by atoms with Crippen molar-refractivity contribution in [3.05, 3.63) is 23.3 Å². The maximum Gasteiger partial charge on any atom is 0.131 e. The zero-order valence-corrected chi connectivity index (χ0v) is 10.2. The average Bonchev–Trinajstić information content (AvgIpc) is 2.29. The first-order valence-electron chi connectivity index (χ1n) is 6.27. The van der Waals surface area contributed by atoms with Gasteiger partial charge in [-0.25, -0.2) is 9.97 Å². The summed E-state index contributed by atoms with van der Waals surface area (Å²) < 4.78 is 0. The van der Waals surface area contributed by atoms with Crippen LogP contribution in [0.1, 0.15) is 68.1 Å². The third kappa shape index (κ3) is 2.40. The minimum absolute atomic E-state index is 0.0282. The van der Waals surface area contributed by atoms with Gasteiger partial charge in [0.25, 0.3) is 0 Å². The lowest BCUT2D eigenvalue weighted by Gasteiger charge is -2.21. The van der Waals surface area contributed by atoms with E-state index in [0.29, 0.717) is 5.92 Å². The molecule has 2 rings (SSSR count). The predicted molar refractivity (Wildman–Crippen MR) is 65.2 cm³/mol. The van der Waals surface area contributed by atoms with Crippen LogP contribution in [0, 0.1) is 6.92 Å². The highest BCUT2D eigenvalue weighted by atomic mass is 14.9. The summed E-state index contributed by atoms with van der Waals surface area (Å²) in [6.45, 7) is 4.01. The molecule has 0 aliphatic heterocycles. The molecule has 16 heavy (non-hydrogen) atoms. The molecule has 88 valence electrons. The minimum Gasteiger partial charge on any atom is -0.324 e. The molecule has 3 heteroatoms. The van der Waals surface area contributed by atoms with E-state index in [2.05, 4.69) is 9.97 Å². The van der Waals surface area contributed by atoms with Gasteiger partial charge in [-0.2, -0.15) is 0 Å². The van der Waals surface area contributed by atoms with Crippen LogP contribution >= 0.6 is 0 Å². The molecule has 1 atom stereocenters. The Labute approximate surface area is 97.5 Å². The summed E-state index contributed by atoms with van der Waals surface area (Å²) in [6, 6.07) is 0.0282. The molecule has 1 aromatic heterocycles. The number of nitrogens with two attached hydrogens (primary N) is 1. The molecule has 0 amide bonds. The van der Waals surface area contributed by atoms with Gasteiger partial charge in [0, 0.05) is 29.4 Å². The first kappa shape index (κ1) is 11.5. The zero-order valence-electron chi connectivity index (χ0n) is 10.2. The van der Waals surface area contributed by atoms with Gasteiger partial charge in [-0.15, -0.1) is 0 Å². The molecule has 0 radical (unpaired) electrons. The van der Waals surface area contributed by atoms with Gasteiger partial charge in [-0.3, -0.25) is 0 Å². The molecule has 3 nitrogen and oxygen atoms in total. The molecule has 1 heterocycles. The second-order valence-corrected chi connectivity index (χ2v) is 4.89. The number of nitrogens with zero attached hydrogens (tertiary/aromatic N) is 2. The van der Waals surface area contributed by atoms with E-state index >= 15 is 0 Å². The van der Waals surface area contributed by atoms with Crippen LogP contribution in [0.3, 0.4) is 0 Å². The summed E-state index contributed by atoms with van der Waals surface area (Å²) in [5, 5.41) is 0. The summed E-state index contributed by atoms with van der Waals surface area (Å²) in [5.74, 6) is 1.61. The quantitative estimate of drug-likeness (QED) is 0.832. The van der Waals surface area contributed by atoms with Crippen LogP contribution in [-0.2, 0) is 0 Å². The van der Waals surface area contributed by atoms with Crippen molar-refractivity contribution in [1.29, 1.82) is 0 Å². The molecular formula is C13H21N3. The van der Waals surface area contributed by atoms with Crippen LogP contribution in [0.2, 0.25) is 0 Å². The van der Waals surface area contributed by atoms with Gasteiger partial charge in [-0.05, 0) is 26.7 Å². The second kappa shape index (κ2) is 4.91. The normalized spacial score (nSPS) is 19.7. The summed E-state index contributed by atoms with van der Waals surface area (Å²) in [4.78, 5) is 9.12. The zero-order chi connectivity index (χ0) is 11.5. The van der Waals surface area contributed by atoms with Gasteiger partial charge in [0.15, 0.2) is 0 Å². The van der Waals surface area contributed by atoms with E-state index in [9.17, 15) is 0 Å². The Morgan fingerprint density at radius 1 is 1.31 bits per heavy atom. The van der Waals surface area contributed by atoms with Crippen LogP contribution in [0.25, 0.3) is 0 Å². The SMILES string of the molecule is Cc1nc(C2CCCCC2)ncc1[C@H](C)N. The number of hydrogen-bond acceptors (Lipinski definition) is 3. The first-order valence-corrected chi connectivity index (χ1v) is 6.27. The van der Waals surface area contributed by atoms with Gasteiger partial charge in [-0.1, -0.05) is 19.3 Å². The summed E-state index contributed by atoms with van der Waals surface area (Å²) in [5.41, 5.74) is 7.98. The molecule has 1 aromatic rings. The number of hydrogen-bond donors (Lipinski definition) is 1. The molecule has 1 fully saturated rings. The molecule has 1 aliphatic carbocycles. The van der Waals surface area contributed by atoms with Crippen LogP contribution in [0.5, 0.6) is 0 Å². The van der Waals surface area contributed by atoms with Gasteiger partial charge in [0.2, 0.25) is 0 Å². The van der Waals surface area contributed by atoms with E-state index < -0.39 is 0 Å². The lowest BCUT2D eigenvalue weighted by atomic mass is 9.88. The Morgan fingerprint density at radius 3 is 2.56 bits per heavy atom. The minimum atomic E-state index is 0.0282. The van der Waals surface area contributed by atoms with Gasteiger partial charge in [0.05, 0.1) is 0 Å². The van der Waals surface area contributed by atoms with Crippen molar-refractivity contribution in [3.8, 4) is 0 Å². The highest BCUT2D eigenvalue weighted by molar-refractivity contribution is 5.20. The van der Waals surface area contributed by atoms with E-state index in [0.717, 1.165) is 17.1 Å². The Kier molecular flexibility index (Phi) is 3.54. The Hall–Kier alpha value is -0.960.